The molecule has 104 valence electrons. The molecule has 20 heavy (non-hydrogen) atoms. The average molecular weight is 273 g/mol. The van der Waals surface area contributed by atoms with Gasteiger partial charge in [0.1, 0.15) is 12.7 Å². The monoisotopic (exact) mass is 273 g/mol. The van der Waals surface area contributed by atoms with Crippen LogP contribution in [0.3, 0.4) is 0 Å². The molecule has 0 radical (unpaired) electrons. The molecule has 1 amide bonds. The number of aromatic nitrogens is 4. The van der Waals surface area contributed by atoms with E-state index in [9.17, 15) is 10.0 Å². The zero-order valence-corrected chi connectivity index (χ0v) is 10.8. The summed E-state index contributed by atoms with van der Waals surface area (Å²) in [4.78, 5) is 15.8. The lowest BCUT2D eigenvalue weighted by Crippen LogP contribution is -2.45. The minimum atomic E-state index is -0.130. The standard InChI is InChI=1S/C13H15N5O2/c19-13(11-1-3-18(20)4-2-11)16-12-5-10(6-12)7-17-9-14-8-15-17/h1-4,8-10,12H,5-7H2,(H,16,19). The molecule has 2 heterocycles. The summed E-state index contributed by atoms with van der Waals surface area (Å²) in [7, 11) is 0. The molecule has 0 spiro atoms. The molecule has 0 saturated heterocycles. The number of carbonyl (C=O) groups excluding carboxylic acids is 1. The normalized spacial score (nSPS) is 21.2. The summed E-state index contributed by atoms with van der Waals surface area (Å²) in [6, 6.07) is 3.25. The van der Waals surface area contributed by atoms with Crippen LogP contribution in [0.5, 0.6) is 0 Å². The largest absolute Gasteiger partial charge is 0.619 e. The molecule has 2 aromatic heterocycles. The third-order valence-corrected chi connectivity index (χ3v) is 3.55. The van der Waals surface area contributed by atoms with Crippen molar-refractivity contribution in [1.29, 1.82) is 0 Å². The minimum Gasteiger partial charge on any atom is -0.619 e. The van der Waals surface area contributed by atoms with Crippen molar-refractivity contribution in [2.75, 3.05) is 0 Å². The van der Waals surface area contributed by atoms with Gasteiger partial charge in [-0.3, -0.25) is 9.48 Å². The summed E-state index contributed by atoms with van der Waals surface area (Å²) in [5.74, 6) is 0.399. The number of nitrogens with zero attached hydrogens (tertiary/aromatic N) is 4. The van der Waals surface area contributed by atoms with Gasteiger partial charge in [-0.15, -0.1) is 0 Å². The van der Waals surface area contributed by atoms with Crippen LogP contribution in [0.1, 0.15) is 23.2 Å². The Balaban J connectivity index is 1.46. The van der Waals surface area contributed by atoms with E-state index < -0.39 is 0 Å². The first kappa shape index (κ1) is 12.6. The van der Waals surface area contributed by atoms with Crippen molar-refractivity contribution in [2.45, 2.75) is 25.4 Å². The van der Waals surface area contributed by atoms with Crippen LogP contribution in [0, 0.1) is 11.1 Å². The van der Waals surface area contributed by atoms with Crippen molar-refractivity contribution in [1.82, 2.24) is 20.1 Å². The van der Waals surface area contributed by atoms with E-state index in [0.29, 0.717) is 16.2 Å². The summed E-state index contributed by atoms with van der Waals surface area (Å²) in [5, 5.41) is 17.9. The van der Waals surface area contributed by atoms with Gasteiger partial charge >= 0.3 is 0 Å². The smallest absolute Gasteiger partial charge is 0.251 e. The van der Waals surface area contributed by atoms with Crippen molar-refractivity contribution in [3.63, 3.8) is 0 Å². The maximum absolute atomic E-state index is 11.9. The van der Waals surface area contributed by atoms with Gasteiger partial charge in [-0.05, 0) is 18.8 Å². The lowest BCUT2D eigenvalue weighted by atomic mass is 9.80. The van der Waals surface area contributed by atoms with E-state index in [1.807, 2.05) is 4.68 Å². The van der Waals surface area contributed by atoms with Gasteiger partial charge in [-0.1, -0.05) is 0 Å². The fourth-order valence-corrected chi connectivity index (χ4v) is 2.43. The second kappa shape index (κ2) is 5.28. The Kier molecular flexibility index (Phi) is 3.32. The summed E-state index contributed by atoms with van der Waals surface area (Å²) in [6.07, 6.45) is 7.76. The van der Waals surface area contributed by atoms with Crippen molar-refractivity contribution in [3.8, 4) is 0 Å². The first-order valence-electron chi connectivity index (χ1n) is 6.53. The quantitative estimate of drug-likeness (QED) is 0.633. The predicted octanol–water partition coefficient (Wildman–Crippen LogP) is 0.120. The van der Waals surface area contributed by atoms with Crippen LogP contribution < -0.4 is 10.0 Å². The van der Waals surface area contributed by atoms with E-state index in [1.165, 1.54) is 30.9 Å². The van der Waals surface area contributed by atoms with Crippen LogP contribution in [0.15, 0.2) is 37.2 Å². The summed E-state index contributed by atoms with van der Waals surface area (Å²) < 4.78 is 2.47. The third kappa shape index (κ3) is 2.76. The van der Waals surface area contributed by atoms with E-state index in [-0.39, 0.29) is 11.9 Å². The highest BCUT2D eigenvalue weighted by molar-refractivity contribution is 5.94. The number of nitrogens with one attached hydrogen (secondary N) is 1. The Morgan fingerprint density at radius 3 is 2.85 bits per heavy atom. The maximum Gasteiger partial charge on any atom is 0.251 e. The summed E-state index contributed by atoms with van der Waals surface area (Å²) >= 11 is 0. The molecular formula is C13H15N5O2. The number of carbonyl (C=O) groups is 1. The molecule has 0 aromatic carbocycles. The third-order valence-electron chi connectivity index (χ3n) is 3.55. The van der Waals surface area contributed by atoms with Crippen LogP contribution in [0.25, 0.3) is 0 Å². The van der Waals surface area contributed by atoms with Gasteiger partial charge in [0.05, 0.1) is 5.56 Å². The molecular weight excluding hydrogens is 258 g/mol. The lowest BCUT2D eigenvalue weighted by molar-refractivity contribution is -0.605. The van der Waals surface area contributed by atoms with Gasteiger partial charge in [0, 0.05) is 24.7 Å². The molecule has 1 saturated carbocycles. The van der Waals surface area contributed by atoms with Gasteiger partial charge in [0.2, 0.25) is 0 Å². The molecule has 0 aliphatic heterocycles. The van der Waals surface area contributed by atoms with Crippen LogP contribution >= 0.6 is 0 Å². The van der Waals surface area contributed by atoms with E-state index in [2.05, 4.69) is 15.4 Å². The molecule has 2 aromatic rings. The lowest BCUT2D eigenvalue weighted by Gasteiger charge is -2.35. The highest BCUT2D eigenvalue weighted by Crippen LogP contribution is 2.28. The molecule has 1 aliphatic rings. The van der Waals surface area contributed by atoms with Crippen molar-refractivity contribution < 1.29 is 9.52 Å². The van der Waals surface area contributed by atoms with Gasteiger partial charge in [-0.2, -0.15) is 9.83 Å². The van der Waals surface area contributed by atoms with Crippen LogP contribution in [0.4, 0.5) is 0 Å². The topological polar surface area (TPSA) is 86.8 Å². The average Bonchev–Trinajstić information content (AvgIpc) is 2.90. The fraction of sp³-hybridized carbons (Fsp3) is 0.385. The number of hydrogen-bond acceptors (Lipinski definition) is 4. The first-order valence-corrected chi connectivity index (χ1v) is 6.53. The van der Waals surface area contributed by atoms with E-state index in [4.69, 9.17) is 0 Å². The van der Waals surface area contributed by atoms with Crippen molar-refractivity contribution in [3.05, 3.63) is 48.0 Å². The van der Waals surface area contributed by atoms with E-state index >= 15 is 0 Å². The number of pyridine rings is 1. The second-order valence-electron chi connectivity index (χ2n) is 5.07. The predicted molar refractivity (Wildman–Crippen MR) is 69.4 cm³/mol. The van der Waals surface area contributed by atoms with Crippen molar-refractivity contribution in [2.24, 2.45) is 5.92 Å². The zero-order valence-electron chi connectivity index (χ0n) is 10.8. The molecule has 1 aliphatic carbocycles. The van der Waals surface area contributed by atoms with Crippen LogP contribution in [-0.4, -0.2) is 26.7 Å². The molecule has 7 nitrogen and oxygen atoms in total. The van der Waals surface area contributed by atoms with Gasteiger partial charge in [0.15, 0.2) is 12.4 Å². The fourth-order valence-electron chi connectivity index (χ4n) is 2.43. The van der Waals surface area contributed by atoms with Crippen LogP contribution in [0.2, 0.25) is 0 Å². The molecule has 0 atom stereocenters. The highest BCUT2D eigenvalue weighted by Gasteiger charge is 2.30. The Labute approximate surface area is 115 Å². The van der Waals surface area contributed by atoms with Gasteiger partial charge in [-0.25, -0.2) is 4.98 Å². The second-order valence-corrected chi connectivity index (χ2v) is 5.07. The Morgan fingerprint density at radius 1 is 1.45 bits per heavy atom. The number of rotatable bonds is 4. The highest BCUT2D eigenvalue weighted by atomic mass is 16.5. The maximum atomic E-state index is 11.9. The summed E-state index contributed by atoms with van der Waals surface area (Å²) in [6.45, 7) is 0.841. The Bertz CT molecular complexity index is 575. The zero-order chi connectivity index (χ0) is 13.9. The first-order chi connectivity index (χ1) is 9.70. The Hall–Kier alpha value is -2.44. The SMILES string of the molecule is O=C(NC1CC(Cn2cncn2)C1)c1cc[n+]([O-])cc1. The molecule has 7 heteroatoms. The minimum absolute atomic E-state index is 0.130. The summed E-state index contributed by atoms with van der Waals surface area (Å²) in [5.41, 5.74) is 0.511. The molecule has 3 rings (SSSR count). The number of hydrogen-bond donors (Lipinski definition) is 1. The Morgan fingerprint density at radius 2 is 2.20 bits per heavy atom. The molecule has 0 unspecified atom stereocenters. The molecule has 0 bridgehead atoms. The van der Waals surface area contributed by atoms with Gasteiger partial charge in [0.25, 0.3) is 5.91 Å². The number of amides is 1. The van der Waals surface area contributed by atoms with Crippen LogP contribution in [-0.2, 0) is 6.54 Å². The molecule has 1 fully saturated rings. The van der Waals surface area contributed by atoms with Gasteiger partial charge < -0.3 is 10.5 Å². The molecule has 1 N–H and O–H groups in total. The van der Waals surface area contributed by atoms with E-state index in [0.717, 1.165) is 19.4 Å². The van der Waals surface area contributed by atoms with Crippen molar-refractivity contribution >= 4 is 5.91 Å². The van der Waals surface area contributed by atoms with E-state index in [1.54, 1.807) is 6.33 Å².